The zero-order valence-corrected chi connectivity index (χ0v) is 15.8. The molecule has 148 valence electrons. The van der Waals surface area contributed by atoms with E-state index < -0.39 is 17.4 Å². The minimum atomic E-state index is -1.25. The monoisotopic (exact) mass is 393 g/mol. The van der Waals surface area contributed by atoms with E-state index in [1.54, 1.807) is 24.3 Å². The number of hydrogen-bond acceptors (Lipinski definition) is 7. The quantitative estimate of drug-likeness (QED) is 0.614. The summed E-state index contributed by atoms with van der Waals surface area (Å²) in [7, 11) is 1.54. The Labute approximate surface area is 167 Å². The Morgan fingerprint density at radius 2 is 1.83 bits per heavy atom. The molecule has 1 atom stereocenters. The summed E-state index contributed by atoms with van der Waals surface area (Å²) in [5, 5.41) is 4.00. The molecule has 1 N–H and O–H groups in total. The zero-order valence-electron chi connectivity index (χ0n) is 15.8. The summed E-state index contributed by atoms with van der Waals surface area (Å²) >= 11 is 0. The fourth-order valence-corrected chi connectivity index (χ4v) is 3.42. The fraction of sp³-hybridized carbons (Fsp3) is 0.238. The number of carbonyl (C=O) groups is 3. The van der Waals surface area contributed by atoms with E-state index >= 15 is 0 Å². The Morgan fingerprint density at radius 1 is 1.10 bits per heavy atom. The minimum absolute atomic E-state index is 0.00213. The third-order valence-corrected chi connectivity index (χ3v) is 4.97. The Bertz CT molecular complexity index is 987. The third kappa shape index (κ3) is 3.44. The topological polar surface area (TPSA) is 97.3 Å². The lowest BCUT2D eigenvalue weighted by Gasteiger charge is -2.21. The van der Waals surface area contributed by atoms with Gasteiger partial charge in [-0.15, -0.1) is 0 Å². The molecule has 0 bridgehead atoms. The second-order valence-corrected chi connectivity index (χ2v) is 6.90. The summed E-state index contributed by atoms with van der Waals surface area (Å²) in [6, 6.07) is 15.9. The van der Waals surface area contributed by atoms with E-state index in [1.165, 1.54) is 7.11 Å². The number of ether oxygens (including phenoxy) is 2. The number of rotatable bonds is 5. The van der Waals surface area contributed by atoms with Crippen molar-refractivity contribution in [1.82, 2.24) is 5.43 Å². The number of imide groups is 1. The van der Waals surface area contributed by atoms with Crippen LogP contribution in [0.15, 0.2) is 59.7 Å². The second-order valence-electron chi connectivity index (χ2n) is 6.90. The van der Waals surface area contributed by atoms with E-state index in [9.17, 15) is 14.4 Å². The standard InChI is InChI=1S/C21H19N3O5/c1-28-16-9-7-15(8-10-16)24-18(25)12-21(20(24)27)11-17(22-23-21)19(26)29-13-14-5-3-2-4-6-14/h2-10,23H,11-13H2,1H3/t21-/m1/s1. The molecule has 2 amide bonds. The van der Waals surface area contributed by atoms with Crippen molar-refractivity contribution in [3.05, 3.63) is 60.2 Å². The zero-order chi connectivity index (χ0) is 20.4. The smallest absolute Gasteiger partial charge is 0.354 e. The number of anilines is 1. The SMILES string of the molecule is COc1ccc(N2C(=O)C[C@]3(CC(C(=O)OCc4ccccc4)=NN3)C2=O)cc1. The number of nitrogens with zero attached hydrogens (tertiary/aromatic N) is 2. The average molecular weight is 393 g/mol. The lowest BCUT2D eigenvalue weighted by Crippen LogP contribution is -2.47. The highest BCUT2D eigenvalue weighted by molar-refractivity contribution is 6.39. The van der Waals surface area contributed by atoms with Crippen molar-refractivity contribution in [1.29, 1.82) is 0 Å². The number of methoxy groups -OCH3 is 1. The molecule has 1 spiro atoms. The summed E-state index contributed by atoms with van der Waals surface area (Å²) in [6.07, 6.45) is -0.0886. The lowest BCUT2D eigenvalue weighted by molar-refractivity contribution is -0.136. The maximum Gasteiger partial charge on any atom is 0.354 e. The van der Waals surface area contributed by atoms with E-state index in [2.05, 4.69) is 10.5 Å². The van der Waals surface area contributed by atoms with E-state index in [0.29, 0.717) is 11.4 Å². The number of nitrogens with one attached hydrogen (secondary N) is 1. The van der Waals surface area contributed by atoms with Crippen molar-refractivity contribution < 1.29 is 23.9 Å². The molecule has 8 nitrogen and oxygen atoms in total. The van der Waals surface area contributed by atoms with Crippen LogP contribution in [0.3, 0.4) is 0 Å². The normalized spacial score (nSPS) is 20.6. The molecular weight excluding hydrogens is 374 g/mol. The first kappa shape index (κ1) is 18.7. The van der Waals surface area contributed by atoms with Gasteiger partial charge in [0, 0.05) is 6.42 Å². The highest BCUT2D eigenvalue weighted by Gasteiger charge is 2.56. The van der Waals surface area contributed by atoms with Crippen molar-refractivity contribution in [2.75, 3.05) is 12.0 Å². The van der Waals surface area contributed by atoms with Crippen LogP contribution >= 0.6 is 0 Å². The van der Waals surface area contributed by atoms with E-state index in [4.69, 9.17) is 9.47 Å². The molecule has 4 rings (SSSR count). The minimum Gasteiger partial charge on any atom is -0.497 e. The van der Waals surface area contributed by atoms with Crippen LogP contribution in [0, 0.1) is 0 Å². The van der Waals surface area contributed by atoms with Crippen LogP contribution in [0.2, 0.25) is 0 Å². The van der Waals surface area contributed by atoms with Gasteiger partial charge in [-0.25, -0.2) is 9.69 Å². The third-order valence-electron chi connectivity index (χ3n) is 4.97. The molecule has 8 heteroatoms. The first-order valence-corrected chi connectivity index (χ1v) is 9.09. The fourth-order valence-electron chi connectivity index (χ4n) is 3.42. The van der Waals surface area contributed by atoms with Gasteiger partial charge in [-0.2, -0.15) is 5.10 Å². The Hall–Kier alpha value is -3.68. The van der Waals surface area contributed by atoms with Crippen molar-refractivity contribution in [2.45, 2.75) is 25.0 Å². The van der Waals surface area contributed by atoms with Crippen molar-refractivity contribution in [3.63, 3.8) is 0 Å². The highest BCUT2D eigenvalue weighted by atomic mass is 16.5. The molecule has 0 unspecified atom stereocenters. The predicted molar refractivity (Wildman–Crippen MR) is 104 cm³/mol. The maximum atomic E-state index is 13.0. The molecule has 2 aromatic carbocycles. The molecule has 0 saturated carbocycles. The van der Waals surface area contributed by atoms with Gasteiger partial charge >= 0.3 is 5.97 Å². The Morgan fingerprint density at radius 3 is 2.52 bits per heavy atom. The van der Waals surface area contributed by atoms with Crippen LogP contribution < -0.4 is 15.1 Å². The summed E-state index contributed by atoms with van der Waals surface area (Å²) in [5.74, 6) is -0.793. The van der Waals surface area contributed by atoms with Gasteiger partial charge in [-0.05, 0) is 29.8 Å². The van der Waals surface area contributed by atoms with Gasteiger partial charge in [0.1, 0.15) is 23.6 Å². The predicted octanol–water partition coefficient (Wildman–Crippen LogP) is 1.79. The summed E-state index contributed by atoms with van der Waals surface area (Å²) in [5.41, 5.74) is 2.85. The van der Waals surface area contributed by atoms with Crippen LogP contribution in [0.4, 0.5) is 5.69 Å². The number of hydrazone groups is 1. The van der Waals surface area contributed by atoms with E-state index in [-0.39, 0.29) is 31.1 Å². The maximum absolute atomic E-state index is 13.0. The molecule has 2 heterocycles. The number of carbonyl (C=O) groups excluding carboxylic acids is 3. The van der Waals surface area contributed by atoms with Gasteiger partial charge in [0.05, 0.1) is 19.2 Å². The largest absolute Gasteiger partial charge is 0.497 e. The molecule has 1 fully saturated rings. The number of amides is 2. The Balaban J connectivity index is 1.44. The number of esters is 1. The van der Waals surface area contributed by atoms with Crippen molar-refractivity contribution in [2.24, 2.45) is 5.10 Å². The molecular formula is C21H19N3O5. The van der Waals surface area contributed by atoms with Crippen LogP contribution in [0.1, 0.15) is 18.4 Å². The number of benzene rings is 2. The van der Waals surface area contributed by atoms with Crippen molar-refractivity contribution >= 4 is 29.2 Å². The van der Waals surface area contributed by atoms with Gasteiger partial charge in [-0.1, -0.05) is 30.3 Å². The Kier molecular flexibility index (Phi) is 4.75. The van der Waals surface area contributed by atoms with E-state index in [0.717, 1.165) is 10.5 Å². The second kappa shape index (κ2) is 7.38. The first-order valence-electron chi connectivity index (χ1n) is 9.09. The van der Waals surface area contributed by atoms with Gasteiger partial charge in [0.15, 0.2) is 0 Å². The van der Waals surface area contributed by atoms with Crippen LogP contribution in [-0.2, 0) is 25.7 Å². The highest BCUT2D eigenvalue weighted by Crippen LogP contribution is 2.35. The van der Waals surface area contributed by atoms with Gasteiger partial charge < -0.3 is 9.47 Å². The summed E-state index contributed by atoms with van der Waals surface area (Å²) in [4.78, 5) is 39.0. The molecule has 29 heavy (non-hydrogen) atoms. The van der Waals surface area contributed by atoms with Gasteiger partial charge in [-0.3, -0.25) is 15.0 Å². The van der Waals surface area contributed by atoms with Crippen LogP contribution in [-0.4, -0.2) is 36.1 Å². The molecule has 2 aliphatic heterocycles. The first-order chi connectivity index (χ1) is 14.0. The molecule has 0 radical (unpaired) electrons. The summed E-state index contributed by atoms with van der Waals surface area (Å²) in [6.45, 7) is 0.108. The lowest BCUT2D eigenvalue weighted by atomic mass is 9.93. The molecule has 0 aromatic heterocycles. The van der Waals surface area contributed by atoms with Crippen LogP contribution in [0.5, 0.6) is 5.75 Å². The van der Waals surface area contributed by atoms with Gasteiger partial charge in [0.25, 0.3) is 5.91 Å². The van der Waals surface area contributed by atoms with E-state index in [1.807, 2.05) is 30.3 Å². The summed E-state index contributed by atoms with van der Waals surface area (Å²) < 4.78 is 10.4. The molecule has 0 aliphatic carbocycles. The number of hydrogen-bond donors (Lipinski definition) is 1. The van der Waals surface area contributed by atoms with Gasteiger partial charge in [0.2, 0.25) is 5.91 Å². The van der Waals surface area contributed by atoms with Crippen LogP contribution in [0.25, 0.3) is 0 Å². The molecule has 1 saturated heterocycles. The molecule has 2 aromatic rings. The van der Waals surface area contributed by atoms with Crippen molar-refractivity contribution in [3.8, 4) is 5.75 Å². The average Bonchev–Trinajstić information content (AvgIpc) is 3.28. The molecule has 2 aliphatic rings.